The van der Waals surface area contributed by atoms with Gasteiger partial charge in [0.05, 0.1) is 10.5 Å². The number of nitrogens with zero attached hydrogens (tertiary/aromatic N) is 1. The first-order valence-corrected chi connectivity index (χ1v) is 4.16. The largest absolute Gasteiger partial charge is 0.256 e. The normalized spacial score (nSPS) is 10.4. The second-order valence-corrected chi connectivity index (χ2v) is 3.22. The third kappa shape index (κ3) is 1.19. The first-order chi connectivity index (χ1) is 5.77. The molecule has 1 aromatic carbocycles. The minimum absolute atomic E-state index is 0.764. The average Bonchev–Trinajstić information content (AvgIpc) is 2.04. The van der Waals surface area contributed by atoms with E-state index in [9.17, 15) is 0 Å². The van der Waals surface area contributed by atoms with Crippen molar-refractivity contribution >= 4 is 35.8 Å². The Labute approximate surface area is 76.8 Å². The van der Waals surface area contributed by atoms with E-state index in [0.29, 0.717) is 0 Å². The van der Waals surface area contributed by atoms with Crippen molar-refractivity contribution in [2.24, 2.45) is 0 Å². The summed E-state index contributed by atoms with van der Waals surface area (Å²) in [6.45, 7) is 0. The molecule has 0 radical (unpaired) electrons. The predicted molar refractivity (Wildman–Crippen MR) is 54.9 cm³/mol. The highest BCUT2D eigenvalue weighted by Crippen LogP contribution is 2.19. The summed E-state index contributed by atoms with van der Waals surface area (Å²) in [6.07, 6.45) is 1.73. The maximum absolute atomic E-state index is 5.97. The third-order valence-corrected chi connectivity index (χ3v) is 2.17. The van der Waals surface area contributed by atoms with Crippen LogP contribution in [0.5, 0.6) is 0 Å². The molecule has 0 spiro atoms. The van der Waals surface area contributed by atoms with Crippen LogP contribution in [0.1, 0.15) is 0 Å². The van der Waals surface area contributed by atoms with Crippen molar-refractivity contribution in [3.63, 3.8) is 0 Å². The Morgan fingerprint density at radius 2 is 2.08 bits per heavy atom. The van der Waals surface area contributed by atoms with Crippen LogP contribution in [0.25, 0.3) is 10.9 Å². The van der Waals surface area contributed by atoms with Gasteiger partial charge in [-0.15, -0.1) is 0 Å². The molecular weight excluding hydrogens is 168 g/mol. The van der Waals surface area contributed by atoms with Crippen molar-refractivity contribution in [1.29, 1.82) is 0 Å². The van der Waals surface area contributed by atoms with Crippen molar-refractivity contribution in [2.75, 3.05) is 0 Å². The first kappa shape index (κ1) is 7.62. The highest BCUT2D eigenvalue weighted by Gasteiger charge is 1.97. The molecule has 0 fully saturated rings. The summed E-state index contributed by atoms with van der Waals surface area (Å²) in [5.74, 6) is 0. The van der Waals surface area contributed by atoms with Crippen LogP contribution in [-0.4, -0.2) is 12.8 Å². The SMILES string of the molecule is Bc1ccc2c(Cl)ccnc2c1. The summed E-state index contributed by atoms with van der Waals surface area (Å²) in [5, 5.41) is 1.78. The van der Waals surface area contributed by atoms with E-state index in [-0.39, 0.29) is 0 Å². The van der Waals surface area contributed by atoms with E-state index in [1.54, 1.807) is 12.3 Å². The van der Waals surface area contributed by atoms with Gasteiger partial charge in [-0.2, -0.15) is 0 Å². The Balaban J connectivity index is 2.86. The van der Waals surface area contributed by atoms with E-state index < -0.39 is 0 Å². The van der Waals surface area contributed by atoms with Crippen LogP contribution < -0.4 is 5.46 Å². The van der Waals surface area contributed by atoms with Gasteiger partial charge in [0.1, 0.15) is 7.85 Å². The smallest absolute Gasteiger partial charge is 0.139 e. The van der Waals surface area contributed by atoms with Gasteiger partial charge in [0, 0.05) is 11.6 Å². The Kier molecular flexibility index (Phi) is 1.78. The zero-order chi connectivity index (χ0) is 8.55. The van der Waals surface area contributed by atoms with E-state index >= 15 is 0 Å². The van der Waals surface area contributed by atoms with Gasteiger partial charge in [0.15, 0.2) is 0 Å². The van der Waals surface area contributed by atoms with Gasteiger partial charge in [0.25, 0.3) is 0 Å². The number of hydrogen-bond donors (Lipinski definition) is 0. The quantitative estimate of drug-likeness (QED) is 0.547. The molecule has 1 aromatic heterocycles. The molecule has 2 rings (SSSR count). The third-order valence-electron chi connectivity index (χ3n) is 1.85. The van der Waals surface area contributed by atoms with Crippen molar-refractivity contribution in [3.05, 3.63) is 35.5 Å². The highest BCUT2D eigenvalue weighted by atomic mass is 35.5. The number of aromatic nitrogens is 1. The standard InChI is InChI=1S/C9H7BClN/c10-6-1-2-7-8(11)3-4-12-9(7)5-6/h1-5H,10H2. The number of benzene rings is 1. The fraction of sp³-hybridized carbons (Fsp3) is 0. The van der Waals surface area contributed by atoms with Crippen molar-refractivity contribution in [2.45, 2.75) is 0 Å². The maximum atomic E-state index is 5.97. The van der Waals surface area contributed by atoms with E-state index in [1.165, 1.54) is 5.46 Å². The van der Waals surface area contributed by atoms with Gasteiger partial charge in [-0.05, 0) is 12.1 Å². The van der Waals surface area contributed by atoms with Crippen molar-refractivity contribution < 1.29 is 0 Å². The lowest BCUT2D eigenvalue weighted by Gasteiger charge is -1.99. The monoisotopic (exact) mass is 175 g/mol. The van der Waals surface area contributed by atoms with Gasteiger partial charge in [-0.3, -0.25) is 4.98 Å². The van der Waals surface area contributed by atoms with E-state index in [0.717, 1.165) is 15.9 Å². The van der Waals surface area contributed by atoms with Gasteiger partial charge in [-0.1, -0.05) is 29.2 Å². The molecule has 1 nitrogen and oxygen atoms in total. The summed E-state index contributed by atoms with van der Waals surface area (Å²) < 4.78 is 0. The molecule has 1 heterocycles. The lowest BCUT2D eigenvalue weighted by atomic mass is 9.95. The molecule has 0 saturated heterocycles. The fourth-order valence-corrected chi connectivity index (χ4v) is 1.44. The van der Waals surface area contributed by atoms with Crippen LogP contribution in [-0.2, 0) is 0 Å². The summed E-state index contributed by atoms with van der Waals surface area (Å²) in [5.41, 5.74) is 2.17. The topological polar surface area (TPSA) is 12.9 Å². The molecular formula is C9H7BClN. The molecule has 0 atom stereocenters. The Hall–Kier alpha value is -1.02. The zero-order valence-corrected chi connectivity index (χ0v) is 7.47. The Morgan fingerprint density at radius 3 is 2.92 bits per heavy atom. The predicted octanol–water partition coefficient (Wildman–Crippen LogP) is 1.15. The van der Waals surface area contributed by atoms with E-state index in [2.05, 4.69) is 4.98 Å². The fourth-order valence-electron chi connectivity index (χ4n) is 1.22. The number of fused-ring (bicyclic) bond motifs is 1. The molecule has 0 aliphatic heterocycles. The van der Waals surface area contributed by atoms with Gasteiger partial charge < -0.3 is 0 Å². The zero-order valence-electron chi connectivity index (χ0n) is 6.71. The van der Waals surface area contributed by atoms with E-state index in [1.807, 2.05) is 26.0 Å². The molecule has 58 valence electrons. The molecule has 0 saturated carbocycles. The van der Waals surface area contributed by atoms with Gasteiger partial charge in [0.2, 0.25) is 0 Å². The van der Waals surface area contributed by atoms with Gasteiger partial charge >= 0.3 is 0 Å². The van der Waals surface area contributed by atoms with Crippen LogP contribution in [0.4, 0.5) is 0 Å². The first-order valence-electron chi connectivity index (χ1n) is 3.78. The summed E-state index contributed by atoms with van der Waals surface area (Å²) in [6, 6.07) is 7.87. The molecule has 0 N–H and O–H groups in total. The lowest BCUT2D eigenvalue weighted by molar-refractivity contribution is 1.42. The van der Waals surface area contributed by atoms with Crippen LogP contribution in [0.15, 0.2) is 30.5 Å². The average molecular weight is 175 g/mol. The number of hydrogen-bond acceptors (Lipinski definition) is 1. The second-order valence-electron chi connectivity index (χ2n) is 2.81. The molecule has 0 aliphatic rings. The maximum Gasteiger partial charge on any atom is 0.139 e. The molecule has 0 unspecified atom stereocenters. The second kappa shape index (κ2) is 2.79. The summed E-state index contributed by atoms with van der Waals surface area (Å²) in [4.78, 5) is 4.22. The minimum atomic E-state index is 0.764. The molecule has 0 bridgehead atoms. The molecule has 2 aromatic rings. The Bertz CT molecular complexity index is 428. The van der Waals surface area contributed by atoms with Crippen molar-refractivity contribution in [1.82, 2.24) is 4.98 Å². The van der Waals surface area contributed by atoms with Crippen molar-refractivity contribution in [3.8, 4) is 0 Å². The van der Waals surface area contributed by atoms with Crippen LogP contribution >= 0.6 is 11.6 Å². The Morgan fingerprint density at radius 1 is 1.25 bits per heavy atom. The van der Waals surface area contributed by atoms with E-state index in [4.69, 9.17) is 11.6 Å². The minimum Gasteiger partial charge on any atom is -0.256 e. The number of rotatable bonds is 0. The van der Waals surface area contributed by atoms with Crippen LogP contribution in [0.2, 0.25) is 5.02 Å². The van der Waals surface area contributed by atoms with Crippen LogP contribution in [0, 0.1) is 0 Å². The van der Waals surface area contributed by atoms with Crippen LogP contribution in [0.3, 0.4) is 0 Å². The summed E-state index contributed by atoms with van der Waals surface area (Å²) >= 11 is 5.97. The van der Waals surface area contributed by atoms with Gasteiger partial charge in [-0.25, -0.2) is 0 Å². The number of pyridine rings is 1. The number of halogens is 1. The molecule has 12 heavy (non-hydrogen) atoms. The lowest BCUT2D eigenvalue weighted by Crippen LogP contribution is -2.00. The highest BCUT2D eigenvalue weighted by molar-refractivity contribution is 6.36. The molecule has 0 amide bonds. The molecule has 3 heteroatoms. The summed E-state index contributed by atoms with van der Waals surface area (Å²) in [7, 11) is 2.04. The molecule has 0 aliphatic carbocycles.